The van der Waals surface area contributed by atoms with Gasteiger partial charge in [-0.25, -0.2) is 15.1 Å². The summed E-state index contributed by atoms with van der Waals surface area (Å²) in [6, 6.07) is 6.52. The fourth-order valence-corrected chi connectivity index (χ4v) is 6.86. The van der Waals surface area contributed by atoms with Crippen molar-refractivity contribution in [2.24, 2.45) is 11.1 Å². The molecule has 0 saturated heterocycles. The third kappa shape index (κ3) is 6.11. The fourth-order valence-electron chi connectivity index (χ4n) is 5.03. The normalized spacial score (nSPS) is 24.9. The summed E-state index contributed by atoms with van der Waals surface area (Å²) in [5.41, 5.74) is 3.07. The summed E-state index contributed by atoms with van der Waals surface area (Å²) in [6.07, 6.45) is 1.05. The molecule has 1 saturated carbocycles. The highest BCUT2D eigenvalue weighted by atomic mass is 35.5. The molecule has 1 aliphatic carbocycles. The number of ketones is 1. The number of hydrogen-bond donors (Lipinski definition) is 5. The maximum Gasteiger partial charge on any atom is 0.333 e. The molecule has 5 rings (SSSR count). The topological polar surface area (TPSA) is 177 Å². The van der Waals surface area contributed by atoms with Gasteiger partial charge in [-0.2, -0.15) is 8.42 Å². The summed E-state index contributed by atoms with van der Waals surface area (Å²) in [5, 5.41) is 32.8. The minimum atomic E-state index is -4.21. The summed E-state index contributed by atoms with van der Waals surface area (Å²) in [7, 11) is -4.21. The van der Waals surface area contributed by atoms with Gasteiger partial charge in [-0.3, -0.25) is 8.98 Å². The van der Waals surface area contributed by atoms with Gasteiger partial charge in [-0.1, -0.05) is 29.3 Å². The van der Waals surface area contributed by atoms with Crippen molar-refractivity contribution in [2.45, 2.75) is 37.1 Å². The number of aromatic nitrogens is 2. The summed E-state index contributed by atoms with van der Waals surface area (Å²) >= 11 is 14.0. The van der Waals surface area contributed by atoms with Crippen LogP contribution in [0.25, 0.3) is 0 Å². The Morgan fingerprint density at radius 2 is 2.03 bits per heavy atom. The summed E-state index contributed by atoms with van der Waals surface area (Å²) < 4.78 is 27.3. The molecule has 5 atom stereocenters. The molecule has 1 aliphatic heterocycles. The zero-order chi connectivity index (χ0) is 27.9. The molecular formula is C24H25Cl2N5O6S2. The van der Waals surface area contributed by atoms with Crippen LogP contribution in [0.1, 0.15) is 44.4 Å². The number of thiophene rings is 1. The van der Waals surface area contributed by atoms with Crippen molar-refractivity contribution < 1.29 is 27.6 Å². The number of halogens is 2. The Hall–Kier alpha value is -2.20. The Morgan fingerprint density at radius 1 is 1.23 bits per heavy atom. The molecule has 0 amide bonds. The van der Waals surface area contributed by atoms with Crippen molar-refractivity contribution in [2.75, 3.05) is 18.5 Å². The lowest BCUT2D eigenvalue weighted by Crippen LogP contribution is -2.36. The third-order valence-electron chi connectivity index (χ3n) is 6.94. The van der Waals surface area contributed by atoms with Crippen LogP contribution in [-0.4, -0.2) is 65.8 Å². The zero-order valence-electron chi connectivity index (χ0n) is 20.3. The van der Waals surface area contributed by atoms with E-state index in [9.17, 15) is 23.4 Å². The van der Waals surface area contributed by atoms with Gasteiger partial charge in [-0.15, -0.1) is 11.3 Å². The van der Waals surface area contributed by atoms with Crippen molar-refractivity contribution in [3.63, 3.8) is 0 Å². The monoisotopic (exact) mass is 613 g/mol. The largest absolute Gasteiger partial charge is 0.390 e. The van der Waals surface area contributed by atoms with E-state index in [4.69, 9.17) is 28.3 Å². The van der Waals surface area contributed by atoms with Crippen LogP contribution in [0.2, 0.25) is 9.36 Å². The summed E-state index contributed by atoms with van der Waals surface area (Å²) in [4.78, 5) is 22.1. The van der Waals surface area contributed by atoms with Gasteiger partial charge < -0.3 is 20.8 Å². The maximum absolute atomic E-state index is 13.6. The number of carbonyl (C=O) groups excluding carboxylic acids is 1. The van der Waals surface area contributed by atoms with Crippen LogP contribution in [-0.2, 0) is 20.9 Å². The lowest BCUT2D eigenvalue weighted by molar-refractivity contribution is 0.00778. The molecule has 0 spiro atoms. The molecule has 0 bridgehead atoms. The second-order valence-corrected chi connectivity index (χ2v) is 12.8. The predicted molar refractivity (Wildman–Crippen MR) is 146 cm³/mol. The van der Waals surface area contributed by atoms with Crippen LogP contribution >= 0.6 is 34.5 Å². The van der Waals surface area contributed by atoms with Crippen LogP contribution in [0.5, 0.6) is 0 Å². The van der Waals surface area contributed by atoms with E-state index < -0.39 is 41.1 Å². The Morgan fingerprint density at radius 3 is 2.79 bits per heavy atom. The van der Waals surface area contributed by atoms with E-state index in [-0.39, 0.29) is 29.6 Å². The Kier molecular flexibility index (Phi) is 8.25. The average Bonchev–Trinajstić information content (AvgIpc) is 3.41. The number of rotatable bonds is 8. The number of carbonyl (C=O) groups is 1. The van der Waals surface area contributed by atoms with E-state index in [2.05, 4.69) is 24.8 Å². The number of aliphatic hydroxyl groups excluding tert-OH is 2. The van der Waals surface area contributed by atoms with Crippen LogP contribution in [0.3, 0.4) is 0 Å². The zero-order valence-corrected chi connectivity index (χ0v) is 23.4. The van der Waals surface area contributed by atoms with Crippen molar-refractivity contribution in [1.82, 2.24) is 15.3 Å². The molecule has 208 valence electrons. The van der Waals surface area contributed by atoms with E-state index in [1.165, 1.54) is 12.5 Å². The van der Waals surface area contributed by atoms with Gasteiger partial charge in [0.2, 0.25) is 5.78 Å². The number of hydrogen-bond acceptors (Lipinski definition) is 11. The van der Waals surface area contributed by atoms with Gasteiger partial charge in [0, 0.05) is 29.2 Å². The van der Waals surface area contributed by atoms with Crippen LogP contribution in [0, 0.1) is 5.92 Å². The van der Waals surface area contributed by atoms with Crippen LogP contribution in [0.15, 0.2) is 36.8 Å². The van der Waals surface area contributed by atoms with E-state index in [1.54, 1.807) is 6.07 Å². The quantitative estimate of drug-likeness (QED) is 0.236. The molecule has 1 fully saturated rings. The van der Waals surface area contributed by atoms with E-state index in [1.807, 2.05) is 18.2 Å². The standard InChI is InChI=1S/C24H25Cl2N5O6S2/c25-13-2-1-11-3-4-29-19(14(11)6-13)15-7-18(38-23(15)26)21(33)16-8-28-10-30-24(16)31-17-5-12(20(32)22(17)34)9-37-39(27,35)36/h1-2,6-8,10,12,17,19-20,22,29,32,34H,3-5,9H2,(H2,27,35,36)(H,28,30,31)/t12-,17-,19?,20-,22+/m1/s1. The van der Waals surface area contributed by atoms with Gasteiger partial charge in [0.15, 0.2) is 0 Å². The number of nitrogens with one attached hydrogen (secondary N) is 2. The van der Waals surface area contributed by atoms with E-state index >= 15 is 0 Å². The van der Waals surface area contributed by atoms with Crippen LogP contribution < -0.4 is 15.8 Å². The van der Waals surface area contributed by atoms with Crippen molar-refractivity contribution in [3.8, 4) is 0 Å². The minimum absolute atomic E-state index is 0.139. The molecule has 0 radical (unpaired) electrons. The van der Waals surface area contributed by atoms with Gasteiger partial charge in [0.1, 0.15) is 18.2 Å². The molecule has 6 N–H and O–H groups in total. The highest BCUT2D eigenvalue weighted by Gasteiger charge is 2.42. The third-order valence-corrected chi connectivity index (χ3v) is 9.02. The predicted octanol–water partition coefficient (Wildman–Crippen LogP) is 2.05. The Bertz CT molecular complexity index is 1500. The first-order valence-corrected chi connectivity index (χ1v) is 15.0. The molecule has 2 aliphatic rings. The number of aliphatic hydroxyl groups is 2. The lowest BCUT2D eigenvalue weighted by atomic mass is 9.91. The summed E-state index contributed by atoms with van der Waals surface area (Å²) in [5.74, 6) is -0.936. The van der Waals surface area contributed by atoms with Crippen molar-refractivity contribution >= 4 is 56.4 Å². The van der Waals surface area contributed by atoms with Gasteiger partial charge in [0.25, 0.3) is 0 Å². The minimum Gasteiger partial charge on any atom is -0.390 e. The number of nitrogens with two attached hydrogens (primary N) is 1. The number of fused-ring (bicyclic) bond motifs is 1. The number of anilines is 1. The molecule has 2 aromatic heterocycles. The summed E-state index contributed by atoms with van der Waals surface area (Å²) in [6.45, 7) is 0.346. The smallest absolute Gasteiger partial charge is 0.333 e. The first-order chi connectivity index (χ1) is 18.5. The van der Waals surface area contributed by atoms with Gasteiger partial charge in [0.05, 0.1) is 39.6 Å². The molecule has 3 heterocycles. The molecule has 3 aromatic rings. The molecule has 39 heavy (non-hydrogen) atoms. The average molecular weight is 615 g/mol. The number of nitrogens with zero attached hydrogens (tertiary/aromatic N) is 2. The maximum atomic E-state index is 13.6. The highest BCUT2D eigenvalue weighted by Crippen LogP contribution is 2.39. The van der Waals surface area contributed by atoms with Gasteiger partial charge in [-0.05, 0) is 42.2 Å². The van der Waals surface area contributed by atoms with Gasteiger partial charge >= 0.3 is 10.3 Å². The van der Waals surface area contributed by atoms with E-state index in [0.717, 1.165) is 41.0 Å². The second kappa shape index (κ2) is 11.4. The molecule has 1 unspecified atom stereocenters. The molecular weight excluding hydrogens is 589 g/mol. The Balaban J connectivity index is 1.37. The Labute approximate surface area is 238 Å². The number of benzene rings is 1. The molecule has 15 heteroatoms. The van der Waals surface area contributed by atoms with Crippen LogP contribution in [0.4, 0.5) is 5.82 Å². The first kappa shape index (κ1) is 28.3. The van der Waals surface area contributed by atoms with Crippen molar-refractivity contribution in [3.05, 3.63) is 73.3 Å². The first-order valence-electron chi connectivity index (χ1n) is 12.0. The lowest BCUT2D eigenvalue weighted by Gasteiger charge is -2.27. The van der Waals surface area contributed by atoms with E-state index in [0.29, 0.717) is 14.2 Å². The fraction of sp³-hybridized carbons (Fsp3) is 0.375. The molecule has 1 aromatic carbocycles. The molecule has 11 nitrogen and oxygen atoms in total. The highest BCUT2D eigenvalue weighted by molar-refractivity contribution is 7.84. The second-order valence-electron chi connectivity index (χ2n) is 9.44. The van der Waals surface area contributed by atoms with Crippen molar-refractivity contribution in [1.29, 1.82) is 0 Å². The SMILES string of the molecule is NS(=O)(=O)OC[C@H]1C[C@@H](Nc2ncncc2C(=O)c2cc(C3NCCc4ccc(Cl)cc43)c(Cl)s2)[C@H](O)[C@@H]1O.